The van der Waals surface area contributed by atoms with Crippen molar-refractivity contribution in [3.05, 3.63) is 32.4 Å². The minimum absolute atomic E-state index is 0.357. The van der Waals surface area contributed by atoms with Gasteiger partial charge in [0.25, 0.3) is 0 Å². The maximum Gasteiger partial charge on any atom is 0.133 e. The number of hydrogen-bond donors (Lipinski definition) is 1. The molecule has 17 heavy (non-hydrogen) atoms. The van der Waals surface area contributed by atoms with E-state index in [1.807, 2.05) is 6.92 Å². The van der Waals surface area contributed by atoms with Crippen LogP contribution in [0.2, 0.25) is 0 Å². The third-order valence-corrected chi connectivity index (χ3v) is 4.00. The van der Waals surface area contributed by atoms with E-state index in [0.29, 0.717) is 10.6 Å². The Balaban J connectivity index is 2.64. The smallest absolute Gasteiger partial charge is 0.133 e. The first-order valence-electron chi connectivity index (χ1n) is 5.65. The zero-order valence-corrected chi connectivity index (χ0v) is 12.1. The van der Waals surface area contributed by atoms with Crippen LogP contribution in [0.3, 0.4) is 0 Å². The largest absolute Gasteiger partial charge is 0.343 e. The van der Waals surface area contributed by atoms with Gasteiger partial charge >= 0.3 is 0 Å². The quantitative estimate of drug-likeness (QED) is 0.803. The van der Waals surface area contributed by atoms with E-state index < -0.39 is 0 Å². The predicted molar refractivity (Wildman–Crippen MR) is 76.3 cm³/mol. The van der Waals surface area contributed by atoms with Crippen LogP contribution in [-0.4, -0.2) is 9.97 Å². The standard InChI is InChI=1S/C13H16N2S2/c1-7(2)12-14-11(9(4)13(16)15-12)10-5-8(3)17-6-10/h5-7H,1-4H3,(H,14,15,16). The molecule has 0 aliphatic carbocycles. The molecule has 0 saturated heterocycles. The van der Waals surface area contributed by atoms with Crippen LogP contribution >= 0.6 is 23.6 Å². The predicted octanol–water partition coefficient (Wildman–Crippen LogP) is 4.61. The van der Waals surface area contributed by atoms with Crippen molar-refractivity contribution in [2.24, 2.45) is 0 Å². The maximum absolute atomic E-state index is 5.33. The van der Waals surface area contributed by atoms with Gasteiger partial charge in [-0.1, -0.05) is 26.1 Å². The molecule has 90 valence electrons. The van der Waals surface area contributed by atoms with Crippen LogP contribution in [0, 0.1) is 18.5 Å². The summed E-state index contributed by atoms with van der Waals surface area (Å²) in [4.78, 5) is 9.15. The van der Waals surface area contributed by atoms with Crippen molar-refractivity contribution in [1.29, 1.82) is 0 Å². The van der Waals surface area contributed by atoms with Crippen molar-refractivity contribution in [2.75, 3.05) is 0 Å². The fourth-order valence-electron chi connectivity index (χ4n) is 1.69. The molecule has 2 rings (SSSR count). The van der Waals surface area contributed by atoms with Gasteiger partial charge in [0.1, 0.15) is 10.5 Å². The molecule has 0 aliphatic rings. The number of aromatic nitrogens is 2. The van der Waals surface area contributed by atoms with E-state index in [9.17, 15) is 0 Å². The van der Waals surface area contributed by atoms with Crippen molar-refractivity contribution >= 4 is 23.6 Å². The fourth-order valence-corrected chi connectivity index (χ4v) is 2.58. The first kappa shape index (κ1) is 12.5. The molecule has 0 unspecified atom stereocenters. The molecule has 1 N–H and O–H groups in total. The Hall–Kier alpha value is -1.00. The molecule has 0 bridgehead atoms. The Kier molecular flexibility index (Phi) is 3.45. The number of hydrogen-bond acceptors (Lipinski definition) is 3. The van der Waals surface area contributed by atoms with Crippen LogP contribution < -0.4 is 0 Å². The van der Waals surface area contributed by atoms with Crippen molar-refractivity contribution in [2.45, 2.75) is 33.6 Å². The molecular weight excluding hydrogens is 248 g/mol. The molecule has 2 heterocycles. The SMILES string of the molecule is Cc1cc(-c2[nH]c(C(C)C)nc(=S)c2C)cs1. The first-order valence-corrected chi connectivity index (χ1v) is 6.94. The lowest BCUT2D eigenvalue weighted by atomic mass is 10.1. The summed E-state index contributed by atoms with van der Waals surface area (Å²) >= 11 is 7.08. The lowest BCUT2D eigenvalue weighted by Crippen LogP contribution is -2.01. The van der Waals surface area contributed by atoms with Gasteiger partial charge in [-0.05, 0) is 19.9 Å². The van der Waals surface area contributed by atoms with Crippen molar-refractivity contribution in [3.8, 4) is 11.3 Å². The van der Waals surface area contributed by atoms with Crippen LogP contribution in [0.25, 0.3) is 11.3 Å². The van der Waals surface area contributed by atoms with Gasteiger partial charge in [0, 0.05) is 27.3 Å². The summed E-state index contributed by atoms with van der Waals surface area (Å²) in [5.41, 5.74) is 3.38. The average Bonchev–Trinajstić information content (AvgIpc) is 2.68. The minimum atomic E-state index is 0.357. The molecule has 2 aromatic heterocycles. The molecule has 0 atom stereocenters. The van der Waals surface area contributed by atoms with Crippen molar-refractivity contribution in [3.63, 3.8) is 0 Å². The van der Waals surface area contributed by atoms with E-state index in [1.54, 1.807) is 11.3 Å². The summed E-state index contributed by atoms with van der Waals surface area (Å²) in [6, 6.07) is 2.18. The zero-order valence-electron chi connectivity index (χ0n) is 10.5. The van der Waals surface area contributed by atoms with Gasteiger partial charge < -0.3 is 4.98 Å². The first-order chi connectivity index (χ1) is 7.99. The third kappa shape index (κ3) is 2.48. The molecule has 2 aromatic rings. The van der Waals surface area contributed by atoms with Crippen LogP contribution in [0.15, 0.2) is 11.4 Å². The molecule has 0 amide bonds. The van der Waals surface area contributed by atoms with E-state index in [2.05, 4.69) is 42.2 Å². The lowest BCUT2D eigenvalue weighted by molar-refractivity contribution is 0.770. The minimum Gasteiger partial charge on any atom is -0.343 e. The number of H-pyrrole nitrogens is 1. The zero-order chi connectivity index (χ0) is 12.6. The monoisotopic (exact) mass is 264 g/mol. The van der Waals surface area contributed by atoms with Gasteiger partial charge in [-0.2, -0.15) is 0 Å². The molecule has 0 aliphatic heterocycles. The highest BCUT2D eigenvalue weighted by Gasteiger charge is 2.10. The van der Waals surface area contributed by atoms with Gasteiger partial charge in [-0.15, -0.1) is 11.3 Å². The Morgan fingerprint density at radius 1 is 1.35 bits per heavy atom. The van der Waals surface area contributed by atoms with Gasteiger partial charge in [0.15, 0.2) is 0 Å². The van der Waals surface area contributed by atoms with E-state index >= 15 is 0 Å². The van der Waals surface area contributed by atoms with Crippen LogP contribution in [0.4, 0.5) is 0 Å². The molecule has 2 nitrogen and oxygen atoms in total. The Morgan fingerprint density at radius 3 is 2.59 bits per heavy atom. The van der Waals surface area contributed by atoms with Gasteiger partial charge in [0.05, 0.1) is 5.69 Å². The third-order valence-electron chi connectivity index (χ3n) is 2.74. The topological polar surface area (TPSA) is 28.7 Å². The summed E-state index contributed by atoms with van der Waals surface area (Å²) in [6.45, 7) is 8.37. The Bertz CT molecular complexity index is 594. The second-order valence-electron chi connectivity index (χ2n) is 4.53. The van der Waals surface area contributed by atoms with E-state index in [1.165, 1.54) is 10.4 Å². The van der Waals surface area contributed by atoms with Gasteiger partial charge in [-0.25, -0.2) is 4.98 Å². The number of nitrogens with zero attached hydrogens (tertiary/aromatic N) is 1. The highest BCUT2D eigenvalue weighted by Crippen LogP contribution is 2.27. The fraction of sp³-hybridized carbons (Fsp3) is 0.385. The number of rotatable bonds is 2. The van der Waals surface area contributed by atoms with E-state index in [0.717, 1.165) is 17.1 Å². The highest BCUT2D eigenvalue weighted by atomic mass is 32.1. The molecule has 0 fully saturated rings. The van der Waals surface area contributed by atoms with E-state index in [4.69, 9.17) is 12.2 Å². The summed E-state index contributed by atoms with van der Waals surface area (Å²) in [5.74, 6) is 1.32. The van der Waals surface area contributed by atoms with Gasteiger partial charge in [-0.3, -0.25) is 0 Å². The van der Waals surface area contributed by atoms with Crippen molar-refractivity contribution < 1.29 is 0 Å². The normalized spacial score (nSPS) is 11.1. The molecule has 0 saturated carbocycles. The molecule has 0 spiro atoms. The van der Waals surface area contributed by atoms with Crippen molar-refractivity contribution in [1.82, 2.24) is 9.97 Å². The average molecular weight is 264 g/mol. The number of thiophene rings is 1. The molecule has 0 radical (unpaired) electrons. The lowest BCUT2D eigenvalue weighted by Gasteiger charge is -2.10. The highest BCUT2D eigenvalue weighted by molar-refractivity contribution is 7.71. The van der Waals surface area contributed by atoms with Crippen LogP contribution in [-0.2, 0) is 0 Å². The van der Waals surface area contributed by atoms with Crippen LogP contribution in [0.5, 0.6) is 0 Å². The Morgan fingerprint density at radius 2 is 2.06 bits per heavy atom. The van der Waals surface area contributed by atoms with E-state index in [-0.39, 0.29) is 0 Å². The van der Waals surface area contributed by atoms with Gasteiger partial charge in [0.2, 0.25) is 0 Å². The second-order valence-corrected chi connectivity index (χ2v) is 6.03. The molecular formula is C13H16N2S2. The van der Waals surface area contributed by atoms with Crippen LogP contribution in [0.1, 0.15) is 36.0 Å². The summed E-state index contributed by atoms with van der Waals surface area (Å²) in [6.07, 6.45) is 0. The number of aryl methyl sites for hydroxylation is 1. The number of aromatic amines is 1. The molecule has 0 aromatic carbocycles. The second kappa shape index (κ2) is 4.70. The number of nitrogens with one attached hydrogen (secondary N) is 1. The summed E-state index contributed by atoms with van der Waals surface area (Å²) in [5, 5.41) is 2.16. The summed E-state index contributed by atoms with van der Waals surface area (Å²) < 4.78 is 0.700. The summed E-state index contributed by atoms with van der Waals surface area (Å²) in [7, 11) is 0. The maximum atomic E-state index is 5.33. The Labute approximate surface area is 111 Å². The molecule has 4 heteroatoms.